The largest absolute Gasteiger partial charge is 0.478 e. The molecule has 1 aromatic carbocycles. The number of rotatable bonds is 3. The molecule has 3 rings (SSSR count). The highest BCUT2D eigenvalue weighted by Crippen LogP contribution is 2.23. The summed E-state index contributed by atoms with van der Waals surface area (Å²) < 4.78 is 0. The minimum atomic E-state index is -0.952. The van der Waals surface area contributed by atoms with Crippen LogP contribution in [-0.4, -0.2) is 22.6 Å². The molecule has 1 aliphatic rings. The van der Waals surface area contributed by atoms with Crippen LogP contribution in [0, 0.1) is 0 Å². The molecule has 0 fully saturated rings. The molecular formula is C17H16N2O2. The van der Waals surface area contributed by atoms with E-state index in [2.05, 4.69) is 34.1 Å². The first-order chi connectivity index (χ1) is 10.2. The van der Waals surface area contributed by atoms with Crippen molar-refractivity contribution in [2.45, 2.75) is 13.0 Å². The summed E-state index contributed by atoms with van der Waals surface area (Å²) in [6.07, 6.45) is 5.40. The molecule has 0 amide bonds. The highest BCUT2D eigenvalue weighted by Gasteiger charge is 2.16. The topological polar surface area (TPSA) is 53.4 Å². The number of carbonyl (C=O) groups is 1. The van der Waals surface area contributed by atoms with Crippen molar-refractivity contribution in [2.75, 3.05) is 11.4 Å². The van der Waals surface area contributed by atoms with E-state index >= 15 is 0 Å². The lowest BCUT2D eigenvalue weighted by Crippen LogP contribution is -2.30. The number of anilines is 1. The van der Waals surface area contributed by atoms with Gasteiger partial charge in [0.25, 0.3) is 0 Å². The maximum absolute atomic E-state index is 10.5. The van der Waals surface area contributed by atoms with Crippen LogP contribution in [0.15, 0.2) is 48.7 Å². The van der Waals surface area contributed by atoms with E-state index in [0.717, 1.165) is 37.0 Å². The third-order valence-electron chi connectivity index (χ3n) is 3.64. The van der Waals surface area contributed by atoms with E-state index in [0.29, 0.717) is 0 Å². The number of hydrogen-bond donors (Lipinski definition) is 1. The number of aromatic nitrogens is 1. The van der Waals surface area contributed by atoms with Gasteiger partial charge in [-0.05, 0) is 41.3 Å². The Labute approximate surface area is 123 Å². The Balaban J connectivity index is 1.75. The third kappa shape index (κ3) is 3.11. The molecule has 0 spiro atoms. The Morgan fingerprint density at radius 3 is 2.71 bits per heavy atom. The summed E-state index contributed by atoms with van der Waals surface area (Å²) in [6, 6.07) is 12.3. The molecule has 1 N–H and O–H groups in total. The van der Waals surface area contributed by atoms with E-state index in [9.17, 15) is 4.79 Å². The minimum Gasteiger partial charge on any atom is -0.478 e. The van der Waals surface area contributed by atoms with E-state index < -0.39 is 5.97 Å². The average Bonchev–Trinajstić information content (AvgIpc) is 2.53. The predicted octanol–water partition coefficient (Wildman–Crippen LogP) is 2.74. The van der Waals surface area contributed by atoms with E-state index in [1.165, 1.54) is 11.1 Å². The Hall–Kier alpha value is -2.62. The zero-order valence-corrected chi connectivity index (χ0v) is 11.6. The number of nitrogens with zero attached hydrogens (tertiary/aromatic N) is 2. The second-order valence-corrected chi connectivity index (χ2v) is 5.06. The molecule has 0 bridgehead atoms. The highest BCUT2D eigenvalue weighted by molar-refractivity contribution is 5.85. The molecule has 0 saturated heterocycles. The zero-order valence-electron chi connectivity index (χ0n) is 11.6. The lowest BCUT2D eigenvalue weighted by atomic mass is 10.00. The molecule has 0 saturated carbocycles. The second-order valence-electron chi connectivity index (χ2n) is 5.06. The quantitative estimate of drug-likeness (QED) is 0.878. The maximum atomic E-state index is 10.5. The number of hydrogen-bond acceptors (Lipinski definition) is 3. The normalized spacial score (nSPS) is 14.2. The number of carboxylic acid groups (broad SMARTS) is 1. The van der Waals surface area contributed by atoms with Gasteiger partial charge < -0.3 is 10.0 Å². The van der Waals surface area contributed by atoms with Crippen molar-refractivity contribution in [3.05, 3.63) is 65.4 Å². The Morgan fingerprint density at radius 2 is 2.00 bits per heavy atom. The molecule has 0 aliphatic carbocycles. The van der Waals surface area contributed by atoms with Crippen molar-refractivity contribution < 1.29 is 9.90 Å². The van der Waals surface area contributed by atoms with Gasteiger partial charge in [-0.1, -0.05) is 24.3 Å². The summed E-state index contributed by atoms with van der Waals surface area (Å²) in [5, 5.41) is 8.61. The van der Waals surface area contributed by atoms with Crippen LogP contribution in [-0.2, 0) is 17.8 Å². The van der Waals surface area contributed by atoms with Crippen LogP contribution in [0.2, 0.25) is 0 Å². The fourth-order valence-corrected chi connectivity index (χ4v) is 2.54. The number of benzene rings is 1. The molecule has 106 valence electrons. The van der Waals surface area contributed by atoms with Gasteiger partial charge in [-0.3, -0.25) is 0 Å². The van der Waals surface area contributed by atoms with Crippen LogP contribution < -0.4 is 4.90 Å². The first-order valence-electron chi connectivity index (χ1n) is 6.91. The predicted molar refractivity (Wildman–Crippen MR) is 82.1 cm³/mol. The van der Waals surface area contributed by atoms with Crippen LogP contribution in [0.4, 0.5) is 5.82 Å². The lowest BCUT2D eigenvalue weighted by Gasteiger charge is -2.29. The van der Waals surface area contributed by atoms with E-state index in [1.807, 2.05) is 12.1 Å². The molecule has 1 aromatic heterocycles. The number of aliphatic carboxylic acids is 1. The molecule has 1 aliphatic heterocycles. The number of pyridine rings is 1. The van der Waals surface area contributed by atoms with Gasteiger partial charge in [-0.15, -0.1) is 0 Å². The van der Waals surface area contributed by atoms with Gasteiger partial charge in [0.15, 0.2) is 0 Å². The van der Waals surface area contributed by atoms with Gasteiger partial charge >= 0.3 is 5.97 Å². The molecule has 2 heterocycles. The van der Waals surface area contributed by atoms with Crippen LogP contribution in [0.1, 0.15) is 16.7 Å². The van der Waals surface area contributed by atoms with Crippen molar-refractivity contribution >= 4 is 17.9 Å². The van der Waals surface area contributed by atoms with E-state index in [-0.39, 0.29) is 0 Å². The monoisotopic (exact) mass is 280 g/mol. The number of fused-ring (bicyclic) bond motifs is 1. The number of carboxylic acids is 1. The minimum absolute atomic E-state index is 0.790. The summed E-state index contributed by atoms with van der Waals surface area (Å²) in [4.78, 5) is 17.2. The standard InChI is InChI=1S/C17H16N2O2/c20-17(21)8-6-13-5-7-16(18-11-13)19-10-9-14-3-1-2-4-15(14)12-19/h1-8,11H,9-10,12H2,(H,20,21)/b8-6+. The van der Waals surface area contributed by atoms with Crippen LogP contribution in [0.5, 0.6) is 0 Å². The van der Waals surface area contributed by atoms with Gasteiger partial charge in [0.1, 0.15) is 5.82 Å². The van der Waals surface area contributed by atoms with Gasteiger partial charge in [0.2, 0.25) is 0 Å². The maximum Gasteiger partial charge on any atom is 0.328 e. The van der Waals surface area contributed by atoms with Gasteiger partial charge in [-0.25, -0.2) is 9.78 Å². The van der Waals surface area contributed by atoms with E-state index in [4.69, 9.17) is 5.11 Å². The molecule has 21 heavy (non-hydrogen) atoms. The lowest BCUT2D eigenvalue weighted by molar-refractivity contribution is -0.131. The van der Waals surface area contributed by atoms with Gasteiger partial charge in [0.05, 0.1) is 0 Å². The van der Waals surface area contributed by atoms with Crippen molar-refractivity contribution in [2.24, 2.45) is 0 Å². The first-order valence-corrected chi connectivity index (χ1v) is 6.91. The average molecular weight is 280 g/mol. The van der Waals surface area contributed by atoms with Gasteiger partial charge in [0, 0.05) is 25.4 Å². The Bertz CT molecular complexity index is 677. The molecule has 0 radical (unpaired) electrons. The van der Waals surface area contributed by atoms with Gasteiger partial charge in [-0.2, -0.15) is 0 Å². The summed E-state index contributed by atoms with van der Waals surface area (Å²) in [7, 11) is 0. The molecule has 0 atom stereocenters. The first kappa shape index (κ1) is 13.4. The Morgan fingerprint density at radius 1 is 1.19 bits per heavy atom. The Kier molecular flexibility index (Phi) is 3.69. The summed E-state index contributed by atoms with van der Waals surface area (Å²) in [5.74, 6) is -0.0244. The third-order valence-corrected chi connectivity index (χ3v) is 3.64. The van der Waals surface area contributed by atoms with E-state index in [1.54, 1.807) is 12.3 Å². The van der Waals surface area contributed by atoms with Crippen LogP contribution >= 0.6 is 0 Å². The fraction of sp³-hybridized carbons (Fsp3) is 0.176. The van der Waals surface area contributed by atoms with Crippen LogP contribution in [0.3, 0.4) is 0 Å². The SMILES string of the molecule is O=C(O)/C=C/c1ccc(N2CCc3ccccc3C2)nc1. The van der Waals surface area contributed by atoms with Crippen molar-refractivity contribution in [3.63, 3.8) is 0 Å². The van der Waals surface area contributed by atoms with Crippen molar-refractivity contribution in [3.8, 4) is 0 Å². The summed E-state index contributed by atoms with van der Waals surface area (Å²) in [6.45, 7) is 1.82. The van der Waals surface area contributed by atoms with Crippen molar-refractivity contribution in [1.29, 1.82) is 0 Å². The summed E-state index contributed by atoms with van der Waals surface area (Å²) in [5.41, 5.74) is 3.55. The second kappa shape index (κ2) is 5.79. The smallest absolute Gasteiger partial charge is 0.328 e. The molecular weight excluding hydrogens is 264 g/mol. The fourth-order valence-electron chi connectivity index (χ4n) is 2.54. The van der Waals surface area contributed by atoms with Crippen molar-refractivity contribution in [1.82, 2.24) is 4.98 Å². The molecule has 2 aromatic rings. The molecule has 4 nitrogen and oxygen atoms in total. The highest BCUT2D eigenvalue weighted by atomic mass is 16.4. The molecule has 0 unspecified atom stereocenters. The summed E-state index contributed by atoms with van der Waals surface area (Å²) >= 11 is 0. The zero-order chi connectivity index (χ0) is 14.7. The molecule has 4 heteroatoms. The van der Waals surface area contributed by atoms with Crippen LogP contribution in [0.25, 0.3) is 6.08 Å².